The van der Waals surface area contributed by atoms with E-state index in [0.29, 0.717) is 11.4 Å². The third-order valence-electron chi connectivity index (χ3n) is 5.11. The normalized spacial score (nSPS) is 17.7. The number of thioether (sulfide) groups is 2. The number of carbonyl (C=O) groups excluding carboxylic acids is 4. The van der Waals surface area contributed by atoms with Crippen LogP contribution in [0.15, 0.2) is 58.3 Å². The highest BCUT2D eigenvalue weighted by Crippen LogP contribution is 2.44. The maximum Gasteiger partial charge on any atom is 0.338 e. The van der Waals surface area contributed by atoms with Crippen LogP contribution in [0.4, 0.5) is 11.4 Å². The summed E-state index contributed by atoms with van der Waals surface area (Å²) in [5, 5.41) is 0. The average molecular weight is 587 g/mol. The maximum absolute atomic E-state index is 13.5. The van der Waals surface area contributed by atoms with Crippen LogP contribution in [0.25, 0.3) is 0 Å². The predicted molar refractivity (Wildman–Crippen MR) is 156 cm³/mol. The molecule has 196 valence electrons. The van der Waals surface area contributed by atoms with Crippen molar-refractivity contribution in [2.24, 2.45) is 0 Å². The molecule has 0 saturated carbocycles. The summed E-state index contributed by atoms with van der Waals surface area (Å²) in [6.45, 7) is 6.97. The highest BCUT2D eigenvalue weighted by atomic mass is 32.2. The van der Waals surface area contributed by atoms with E-state index < -0.39 is 23.8 Å². The molecule has 8 nitrogen and oxygen atoms in total. The van der Waals surface area contributed by atoms with Crippen molar-refractivity contribution < 1.29 is 28.7 Å². The zero-order chi connectivity index (χ0) is 27.7. The Morgan fingerprint density at radius 2 is 1.08 bits per heavy atom. The van der Waals surface area contributed by atoms with Gasteiger partial charge >= 0.3 is 11.9 Å². The van der Waals surface area contributed by atoms with Gasteiger partial charge in [0, 0.05) is 0 Å². The van der Waals surface area contributed by atoms with Gasteiger partial charge in [-0.1, -0.05) is 60.1 Å². The quantitative estimate of drug-likeness (QED) is 0.247. The van der Waals surface area contributed by atoms with Crippen LogP contribution >= 0.6 is 48.0 Å². The molecule has 38 heavy (non-hydrogen) atoms. The summed E-state index contributed by atoms with van der Waals surface area (Å²) in [6.07, 6.45) is -0.599. The summed E-state index contributed by atoms with van der Waals surface area (Å²) in [4.78, 5) is 54.5. The Morgan fingerprint density at radius 3 is 1.42 bits per heavy atom. The number of esters is 2. The van der Waals surface area contributed by atoms with Crippen molar-refractivity contribution in [2.75, 3.05) is 9.80 Å². The third kappa shape index (κ3) is 5.68. The van der Waals surface area contributed by atoms with E-state index in [0.717, 1.165) is 23.5 Å². The van der Waals surface area contributed by atoms with Gasteiger partial charge in [0.1, 0.15) is 0 Å². The summed E-state index contributed by atoms with van der Waals surface area (Å²) in [5.74, 6) is -2.03. The predicted octanol–water partition coefficient (Wildman–Crippen LogP) is 5.46. The second kappa shape index (κ2) is 11.4. The number of nitrogens with zero attached hydrogens (tertiary/aromatic N) is 2. The van der Waals surface area contributed by atoms with E-state index in [1.54, 1.807) is 64.1 Å². The molecular weight excluding hydrogens is 565 g/mol. The lowest BCUT2D eigenvalue weighted by atomic mass is 10.2. The minimum atomic E-state index is -0.521. The fourth-order valence-electron chi connectivity index (χ4n) is 3.56. The molecule has 0 spiro atoms. The van der Waals surface area contributed by atoms with Crippen LogP contribution in [0.5, 0.6) is 0 Å². The van der Waals surface area contributed by atoms with Crippen molar-refractivity contribution in [3.8, 4) is 0 Å². The topological polar surface area (TPSA) is 93.2 Å². The molecule has 0 unspecified atom stereocenters. The maximum atomic E-state index is 13.5. The molecule has 0 N–H and O–H groups in total. The number of carbonyl (C=O) groups is 4. The first kappa shape index (κ1) is 28.0. The van der Waals surface area contributed by atoms with Crippen molar-refractivity contribution in [1.29, 1.82) is 0 Å². The standard InChI is InChI=1S/C26H22N2O6S4/c1-13(2)33-23(31)15-7-5-9-17(11-15)27-21(29)19(37-25(27)35)20-22(30)28(26(36)38-20)18-10-6-8-16(12-18)24(32)34-14(3)4/h5-14H,1-4H3. The zero-order valence-corrected chi connectivity index (χ0v) is 24.0. The van der Waals surface area contributed by atoms with Crippen molar-refractivity contribution in [2.45, 2.75) is 39.9 Å². The largest absolute Gasteiger partial charge is 0.459 e. The van der Waals surface area contributed by atoms with Crippen LogP contribution in [-0.2, 0) is 19.1 Å². The molecule has 0 radical (unpaired) electrons. The second-order valence-corrected chi connectivity index (χ2v) is 12.0. The molecule has 4 rings (SSSR count). The zero-order valence-electron chi connectivity index (χ0n) is 20.8. The summed E-state index contributed by atoms with van der Waals surface area (Å²) in [6, 6.07) is 12.8. The number of hydrogen-bond acceptors (Lipinski definition) is 10. The fourth-order valence-corrected chi connectivity index (χ4v) is 6.31. The Kier molecular flexibility index (Phi) is 8.36. The lowest BCUT2D eigenvalue weighted by Crippen LogP contribution is -2.30. The second-order valence-electron chi connectivity index (χ2n) is 8.68. The van der Waals surface area contributed by atoms with Crippen molar-refractivity contribution >= 4 is 91.7 Å². The van der Waals surface area contributed by atoms with Gasteiger partial charge < -0.3 is 9.47 Å². The van der Waals surface area contributed by atoms with Crippen LogP contribution in [0, 0.1) is 0 Å². The molecule has 2 aromatic carbocycles. The number of rotatable bonds is 6. The van der Waals surface area contributed by atoms with E-state index in [4.69, 9.17) is 33.9 Å². The van der Waals surface area contributed by atoms with Gasteiger partial charge in [0.05, 0.1) is 44.5 Å². The average Bonchev–Trinajstić information content (AvgIpc) is 3.31. The van der Waals surface area contributed by atoms with Crippen LogP contribution < -0.4 is 9.80 Å². The van der Waals surface area contributed by atoms with Gasteiger partial charge in [-0.15, -0.1) is 0 Å². The first-order valence-electron chi connectivity index (χ1n) is 11.5. The minimum Gasteiger partial charge on any atom is -0.459 e. The van der Waals surface area contributed by atoms with Gasteiger partial charge in [0.2, 0.25) is 0 Å². The summed E-state index contributed by atoms with van der Waals surface area (Å²) in [7, 11) is 0. The number of hydrogen-bond donors (Lipinski definition) is 0. The molecule has 2 heterocycles. The highest BCUT2D eigenvalue weighted by molar-refractivity contribution is 8.30. The Morgan fingerprint density at radius 1 is 0.711 bits per heavy atom. The Balaban J connectivity index is 1.62. The number of benzene rings is 2. The Bertz CT molecular complexity index is 1310. The smallest absolute Gasteiger partial charge is 0.338 e. The van der Waals surface area contributed by atoms with Gasteiger partial charge in [0.25, 0.3) is 11.8 Å². The number of amides is 2. The molecule has 0 aromatic heterocycles. The molecule has 2 aliphatic rings. The molecule has 0 bridgehead atoms. The van der Waals surface area contributed by atoms with Gasteiger partial charge in [-0.05, 0) is 64.1 Å². The van der Waals surface area contributed by atoms with Crippen LogP contribution in [0.3, 0.4) is 0 Å². The van der Waals surface area contributed by atoms with E-state index in [1.165, 1.54) is 21.9 Å². The van der Waals surface area contributed by atoms with Crippen molar-refractivity contribution in [1.82, 2.24) is 0 Å². The third-order valence-corrected chi connectivity index (χ3v) is 7.98. The van der Waals surface area contributed by atoms with E-state index in [9.17, 15) is 19.2 Å². The first-order chi connectivity index (χ1) is 18.0. The highest BCUT2D eigenvalue weighted by Gasteiger charge is 2.43. The summed E-state index contributed by atoms with van der Waals surface area (Å²) in [5.41, 5.74) is 1.31. The Labute approximate surface area is 238 Å². The van der Waals surface area contributed by atoms with E-state index in [1.807, 2.05) is 0 Å². The van der Waals surface area contributed by atoms with Gasteiger partial charge in [-0.2, -0.15) is 0 Å². The molecular formula is C26H22N2O6S4. The number of ether oxygens (including phenoxy) is 2. The molecule has 2 aromatic rings. The Hall–Kier alpha value is -3.06. The SMILES string of the molecule is CC(C)OC(=O)c1cccc(N2C(=O)C(=C3SC(=S)N(c4cccc(C(=O)OC(C)C)c4)C3=O)SC2=S)c1. The van der Waals surface area contributed by atoms with E-state index in [2.05, 4.69) is 0 Å². The summed E-state index contributed by atoms with van der Waals surface area (Å²) >= 11 is 12.9. The first-order valence-corrected chi connectivity index (χ1v) is 13.9. The molecule has 2 amide bonds. The van der Waals surface area contributed by atoms with Gasteiger partial charge in [-0.25, -0.2) is 9.59 Å². The van der Waals surface area contributed by atoms with Crippen molar-refractivity contribution in [3.63, 3.8) is 0 Å². The van der Waals surface area contributed by atoms with Gasteiger partial charge in [0.15, 0.2) is 8.64 Å². The molecule has 0 atom stereocenters. The van der Waals surface area contributed by atoms with Crippen molar-refractivity contribution in [3.05, 3.63) is 69.5 Å². The minimum absolute atomic E-state index is 0.139. The molecule has 0 aliphatic carbocycles. The van der Waals surface area contributed by atoms with Crippen LogP contribution in [0.1, 0.15) is 48.4 Å². The van der Waals surface area contributed by atoms with Crippen LogP contribution in [0.2, 0.25) is 0 Å². The number of anilines is 2. The monoisotopic (exact) mass is 586 g/mol. The van der Waals surface area contributed by atoms with Crippen LogP contribution in [-0.4, -0.2) is 44.6 Å². The molecule has 2 saturated heterocycles. The summed E-state index contributed by atoms with van der Waals surface area (Å²) < 4.78 is 10.9. The number of thiocarbonyl (C=S) groups is 2. The molecule has 2 aliphatic heterocycles. The molecule has 12 heteroatoms. The van der Waals surface area contributed by atoms with E-state index >= 15 is 0 Å². The van der Waals surface area contributed by atoms with E-state index in [-0.39, 0.29) is 41.8 Å². The lowest BCUT2D eigenvalue weighted by Gasteiger charge is -2.16. The lowest BCUT2D eigenvalue weighted by molar-refractivity contribution is -0.115. The fraction of sp³-hybridized carbons (Fsp3) is 0.231. The molecule has 2 fully saturated rings. The van der Waals surface area contributed by atoms with Gasteiger partial charge in [-0.3, -0.25) is 19.4 Å².